The van der Waals surface area contributed by atoms with Crippen LogP contribution in [-0.2, 0) is 4.79 Å². The van der Waals surface area contributed by atoms with E-state index in [0.29, 0.717) is 24.7 Å². The number of nitrogens with one attached hydrogen (secondary N) is 1. The molecule has 1 atom stereocenters. The van der Waals surface area contributed by atoms with Gasteiger partial charge in [-0.25, -0.2) is 4.63 Å². The van der Waals surface area contributed by atoms with Crippen molar-refractivity contribution in [1.82, 2.24) is 20.5 Å². The first-order valence-electron chi connectivity index (χ1n) is 7.18. The molecule has 1 aromatic rings. The quantitative estimate of drug-likeness (QED) is 0.784. The lowest BCUT2D eigenvalue weighted by Gasteiger charge is -2.44. The SMILES string of the molecule is Cc1nonc1OCCNC(=O)C1CC2CCN1CC2. The number of carbonyl (C=O) groups excluding carboxylic acids is 1. The summed E-state index contributed by atoms with van der Waals surface area (Å²) in [5.41, 5.74) is 0.618. The van der Waals surface area contributed by atoms with Crippen LogP contribution >= 0.6 is 0 Å². The van der Waals surface area contributed by atoms with Gasteiger partial charge in [-0.2, -0.15) is 0 Å². The van der Waals surface area contributed by atoms with E-state index in [1.165, 1.54) is 12.8 Å². The molecule has 7 heteroatoms. The largest absolute Gasteiger partial charge is 0.472 e. The molecule has 3 aliphatic rings. The predicted molar refractivity (Wildman–Crippen MR) is 70.2 cm³/mol. The minimum atomic E-state index is 0.0537. The summed E-state index contributed by atoms with van der Waals surface area (Å²) in [7, 11) is 0. The number of ether oxygens (including phenoxy) is 1. The van der Waals surface area contributed by atoms with Crippen molar-refractivity contribution >= 4 is 5.91 Å². The highest BCUT2D eigenvalue weighted by Gasteiger charge is 2.37. The van der Waals surface area contributed by atoms with Crippen molar-refractivity contribution in [3.63, 3.8) is 0 Å². The van der Waals surface area contributed by atoms with E-state index in [0.717, 1.165) is 25.4 Å². The zero-order valence-electron chi connectivity index (χ0n) is 11.7. The van der Waals surface area contributed by atoms with Gasteiger partial charge in [0.25, 0.3) is 5.88 Å². The number of hydrogen-bond acceptors (Lipinski definition) is 6. The first-order chi connectivity index (χ1) is 9.74. The summed E-state index contributed by atoms with van der Waals surface area (Å²) < 4.78 is 9.91. The Labute approximate surface area is 117 Å². The third kappa shape index (κ3) is 2.77. The predicted octanol–water partition coefficient (Wildman–Crippen LogP) is 0.357. The van der Waals surface area contributed by atoms with E-state index in [4.69, 9.17) is 4.74 Å². The zero-order valence-corrected chi connectivity index (χ0v) is 11.7. The topological polar surface area (TPSA) is 80.5 Å². The lowest BCUT2D eigenvalue weighted by Crippen LogP contribution is -2.55. The summed E-state index contributed by atoms with van der Waals surface area (Å²) in [4.78, 5) is 14.5. The highest BCUT2D eigenvalue weighted by molar-refractivity contribution is 5.82. The summed E-state index contributed by atoms with van der Waals surface area (Å²) in [6.45, 7) is 4.72. The number of hydrogen-bond donors (Lipinski definition) is 1. The molecule has 1 N–H and O–H groups in total. The Morgan fingerprint density at radius 3 is 2.85 bits per heavy atom. The Morgan fingerprint density at radius 1 is 1.45 bits per heavy atom. The fourth-order valence-electron chi connectivity index (χ4n) is 3.03. The molecule has 0 saturated carbocycles. The first-order valence-corrected chi connectivity index (χ1v) is 7.18. The maximum atomic E-state index is 12.2. The molecule has 1 aromatic heterocycles. The number of rotatable bonds is 5. The molecular weight excluding hydrogens is 260 g/mol. The van der Waals surface area contributed by atoms with Gasteiger partial charge in [0, 0.05) is 0 Å². The Balaban J connectivity index is 1.40. The third-order valence-electron chi connectivity index (χ3n) is 4.20. The van der Waals surface area contributed by atoms with Crippen molar-refractivity contribution in [2.24, 2.45) is 5.92 Å². The minimum absolute atomic E-state index is 0.0537. The van der Waals surface area contributed by atoms with Gasteiger partial charge in [0.1, 0.15) is 12.3 Å². The van der Waals surface area contributed by atoms with Gasteiger partial charge < -0.3 is 10.1 Å². The van der Waals surface area contributed by atoms with E-state index >= 15 is 0 Å². The zero-order chi connectivity index (χ0) is 13.9. The Morgan fingerprint density at radius 2 is 2.25 bits per heavy atom. The first kappa shape index (κ1) is 13.4. The highest BCUT2D eigenvalue weighted by Crippen LogP contribution is 2.31. The smallest absolute Gasteiger partial charge is 0.278 e. The normalized spacial score (nSPS) is 28.4. The van der Waals surface area contributed by atoms with Gasteiger partial charge in [-0.15, -0.1) is 0 Å². The Hall–Kier alpha value is -1.63. The maximum absolute atomic E-state index is 12.2. The van der Waals surface area contributed by atoms with Gasteiger partial charge in [-0.1, -0.05) is 5.16 Å². The number of amides is 1. The molecule has 4 heterocycles. The van der Waals surface area contributed by atoms with E-state index in [2.05, 4.69) is 25.2 Å². The van der Waals surface area contributed by atoms with E-state index in [-0.39, 0.29) is 11.9 Å². The monoisotopic (exact) mass is 280 g/mol. The molecule has 110 valence electrons. The molecule has 20 heavy (non-hydrogen) atoms. The molecule has 0 radical (unpaired) electrons. The fourth-order valence-corrected chi connectivity index (χ4v) is 3.03. The van der Waals surface area contributed by atoms with Gasteiger partial charge in [-0.05, 0) is 50.4 Å². The molecular formula is C13H20N4O3. The van der Waals surface area contributed by atoms with Crippen molar-refractivity contribution in [3.8, 4) is 5.88 Å². The molecule has 3 fully saturated rings. The van der Waals surface area contributed by atoms with Gasteiger partial charge in [0.2, 0.25) is 5.91 Å². The lowest BCUT2D eigenvalue weighted by atomic mass is 9.83. The van der Waals surface area contributed by atoms with E-state index < -0.39 is 0 Å². The number of carbonyl (C=O) groups is 1. The van der Waals surface area contributed by atoms with Gasteiger partial charge in [0.15, 0.2) is 0 Å². The number of aromatic nitrogens is 2. The van der Waals surface area contributed by atoms with Crippen LogP contribution in [0.3, 0.4) is 0 Å². The van der Waals surface area contributed by atoms with Crippen LogP contribution in [0, 0.1) is 12.8 Å². The second kappa shape index (κ2) is 5.78. The van der Waals surface area contributed by atoms with Crippen molar-refractivity contribution in [2.75, 3.05) is 26.2 Å². The van der Waals surface area contributed by atoms with Crippen molar-refractivity contribution in [2.45, 2.75) is 32.2 Å². The van der Waals surface area contributed by atoms with E-state index in [9.17, 15) is 4.79 Å². The van der Waals surface area contributed by atoms with Gasteiger partial charge in [0.05, 0.1) is 12.6 Å². The Bertz CT molecular complexity index is 468. The molecule has 2 bridgehead atoms. The molecule has 1 unspecified atom stereocenters. The molecule has 0 aromatic carbocycles. The van der Waals surface area contributed by atoms with Crippen LogP contribution in [-0.4, -0.2) is 53.4 Å². The fraction of sp³-hybridized carbons (Fsp3) is 0.769. The molecule has 0 aliphatic carbocycles. The molecule has 3 aliphatic heterocycles. The lowest BCUT2D eigenvalue weighted by molar-refractivity contribution is -0.130. The minimum Gasteiger partial charge on any atom is -0.472 e. The standard InChI is InChI=1S/C13H20N4O3/c1-9-13(16-20-15-9)19-7-4-14-12(18)11-8-10-2-5-17(11)6-3-10/h10-11H,2-8H2,1H3,(H,14,18). The molecule has 7 nitrogen and oxygen atoms in total. The van der Waals surface area contributed by atoms with Crippen LogP contribution in [0.4, 0.5) is 0 Å². The number of aryl methyl sites for hydroxylation is 1. The molecule has 3 saturated heterocycles. The van der Waals surface area contributed by atoms with Crippen LogP contribution in [0.5, 0.6) is 5.88 Å². The summed E-state index contributed by atoms with van der Waals surface area (Å²) in [6.07, 6.45) is 3.48. The van der Waals surface area contributed by atoms with Crippen LogP contribution in [0.2, 0.25) is 0 Å². The second-order valence-electron chi connectivity index (χ2n) is 5.53. The van der Waals surface area contributed by atoms with Gasteiger partial charge >= 0.3 is 0 Å². The van der Waals surface area contributed by atoms with E-state index in [1.54, 1.807) is 6.92 Å². The summed E-state index contributed by atoms with van der Waals surface area (Å²) in [5, 5.41) is 10.2. The highest BCUT2D eigenvalue weighted by atomic mass is 16.6. The summed E-state index contributed by atoms with van der Waals surface area (Å²) in [6, 6.07) is 0.0537. The molecule has 0 spiro atoms. The molecule has 1 amide bonds. The maximum Gasteiger partial charge on any atom is 0.278 e. The van der Waals surface area contributed by atoms with Gasteiger partial charge in [-0.3, -0.25) is 9.69 Å². The summed E-state index contributed by atoms with van der Waals surface area (Å²) in [5.74, 6) is 1.24. The Kier molecular flexibility index (Phi) is 3.86. The number of fused-ring (bicyclic) bond motifs is 3. The number of nitrogens with zero attached hydrogens (tertiary/aromatic N) is 3. The average Bonchev–Trinajstić information content (AvgIpc) is 2.90. The van der Waals surface area contributed by atoms with Crippen molar-refractivity contribution < 1.29 is 14.2 Å². The average molecular weight is 280 g/mol. The van der Waals surface area contributed by atoms with Crippen LogP contribution in [0.25, 0.3) is 0 Å². The second-order valence-corrected chi connectivity index (χ2v) is 5.53. The number of piperidine rings is 3. The third-order valence-corrected chi connectivity index (χ3v) is 4.20. The van der Waals surface area contributed by atoms with Crippen molar-refractivity contribution in [3.05, 3.63) is 5.69 Å². The summed E-state index contributed by atoms with van der Waals surface area (Å²) >= 11 is 0. The van der Waals surface area contributed by atoms with Crippen LogP contribution < -0.4 is 10.1 Å². The van der Waals surface area contributed by atoms with Crippen LogP contribution in [0.15, 0.2) is 4.63 Å². The molecule has 4 rings (SSSR count). The van der Waals surface area contributed by atoms with Crippen LogP contribution in [0.1, 0.15) is 25.0 Å². The van der Waals surface area contributed by atoms with Crippen molar-refractivity contribution in [1.29, 1.82) is 0 Å². The van der Waals surface area contributed by atoms with E-state index in [1.807, 2.05) is 0 Å².